The van der Waals surface area contributed by atoms with E-state index in [1.54, 1.807) is 10.6 Å². The number of amides is 1. The molecule has 4 aromatic heterocycles. The van der Waals surface area contributed by atoms with Crippen molar-refractivity contribution in [2.75, 3.05) is 51.7 Å². The molecule has 6 rings (SSSR count). The molecule has 0 unspecified atom stereocenters. The van der Waals surface area contributed by atoms with Crippen LogP contribution in [0.15, 0.2) is 60.9 Å². The van der Waals surface area contributed by atoms with Crippen LogP contribution >= 0.6 is 0 Å². The van der Waals surface area contributed by atoms with E-state index in [-0.39, 0.29) is 5.91 Å². The van der Waals surface area contributed by atoms with E-state index in [0.717, 1.165) is 66.5 Å². The van der Waals surface area contributed by atoms with Gasteiger partial charge in [-0.1, -0.05) is 26.0 Å². The van der Waals surface area contributed by atoms with Gasteiger partial charge in [0.05, 0.1) is 35.3 Å². The first-order valence-corrected chi connectivity index (χ1v) is 14.6. The van der Waals surface area contributed by atoms with Crippen molar-refractivity contribution in [3.05, 3.63) is 83.7 Å². The molecule has 0 spiro atoms. The number of rotatable bonds is 9. The van der Waals surface area contributed by atoms with Crippen molar-refractivity contribution in [1.82, 2.24) is 33.9 Å². The number of aryl methyl sites for hydroxylation is 1. The Hall–Kier alpha value is -4.28. The number of nitrogens with zero attached hydrogens (tertiary/aromatic N) is 7. The van der Waals surface area contributed by atoms with Crippen LogP contribution < -0.4 is 10.1 Å². The van der Waals surface area contributed by atoms with Crippen molar-refractivity contribution in [3.8, 4) is 5.75 Å². The van der Waals surface area contributed by atoms with E-state index in [4.69, 9.17) is 14.8 Å². The van der Waals surface area contributed by atoms with Crippen LogP contribution in [0.25, 0.3) is 16.6 Å². The average molecular weight is 567 g/mol. The number of hydrogen-bond acceptors (Lipinski definition) is 7. The molecule has 0 atom stereocenters. The number of imidazole rings is 1. The molecule has 218 valence electrons. The van der Waals surface area contributed by atoms with Crippen molar-refractivity contribution in [3.63, 3.8) is 0 Å². The van der Waals surface area contributed by atoms with Gasteiger partial charge in [0.25, 0.3) is 5.91 Å². The molecule has 1 saturated heterocycles. The maximum absolute atomic E-state index is 13.4. The zero-order valence-corrected chi connectivity index (χ0v) is 24.7. The fourth-order valence-electron chi connectivity index (χ4n) is 5.48. The lowest BCUT2D eigenvalue weighted by molar-refractivity contribution is 0.102. The normalized spacial score (nSPS) is 14.7. The Kier molecular flexibility index (Phi) is 7.90. The van der Waals surface area contributed by atoms with Gasteiger partial charge >= 0.3 is 0 Å². The molecule has 1 aromatic carbocycles. The van der Waals surface area contributed by atoms with Crippen LogP contribution in [-0.4, -0.2) is 86.2 Å². The smallest absolute Gasteiger partial charge is 0.274 e. The Morgan fingerprint density at radius 1 is 1.07 bits per heavy atom. The van der Waals surface area contributed by atoms with Crippen molar-refractivity contribution < 1.29 is 9.53 Å². The fraction of sp³-hybridized carbons (Fsp3) is 0.375. The molecular weight excluding hydrogens is 528 g/mol. The van der Waals surface area contributed by atoms with E-state index in [1.165, 1.54) is 0 Å². The van der Waals surface area contributed by atoms with Gasteiger partial charge in [-0.3, -0.25) is 23.8 Å². The molecule has 5 aromatic rings. The number of likely N-dealkylation sites (N-methyl/N-ethyl adjacent to an activating group) is 1. The molecule has 1 aliphatic rings. The highest BCUT2D eigenvalue weighted by atomic mass is 16.5. The number of fused-ring (bicyclic) bond motifs is 2. The summed E-state index contributed by atoms with van der Waals surface area (Å²) in [5.74, 6) is 0.862. The summed E-state index contributed by atoms with van der Waals surface area (Å²) >= 11 is 0. The van der Waals surface area contributed by atoms with Gasteiger partial charge in [0.2, 0.25) is 0 Å². The number of pyridine rings is 2. The van der Waals surface area contributed by atoms with E-state index in [9.17, 15) is 4.79 Å². The van der Waals surface area contributed by atoms with Gasteiger partial charge in [0.1, 0.15) is 23.7 Å². The Morgan fingerprint density at radius 2 is 1.88 bits per heavy atom. The highest BCUT2D eigenvalue weighted by Crippen LogP contribution is 2.28. The van der Waals surface area contributed by atoms with Crippen LogP contribution in [0.4, 0.5) is 5.69 Å². The molecule has 0 radical (unpaired) electrons. The molecule has 5 heterocycles. The first kappa shape index (κ1) is 27.9. The minimum atomic E-state index is -0.239. The summed E-state index contributed by atoms with van der Waals surface area (Å²) in [5.41, 5.74) is 5.63. The Balaban J connectivity index is 1.16. The Bertz CT molecular complexity index is 1710. The lowest BCUT2D eigenvalue weighted by atomic mass is 10.1. The van der Waals surface area contributed by atoms with Gasteiger partial charge in [-0.25, -0.2) is 4.98 Å². The van der Waals surface area contributed by atoms with Crippen LogP contribution in [0, 0.1) is 6.92 Å². The van der Waals surface area contributed by atoms with Gasteiger partial charge in [-0.05, 0) is 50.2 Å². The van der Waals surface area contributed by atoms with E-state index in [0.29, 0.717) is 36.1 Å². The SMILES string of the molecule is Cc1nn(Cc2cccc(C(C)C)n2)c2cccc(NC(=O)c3cnc4cc(OCCN5CCN(C)CC5)ccn34)c12. The predicted octanol–water partition coefficient (Wildman–Crippen LogP) is 4.44. The molecule has 0 bridgehead atoms. The summed E-state index contributed by atoms with van der Waals surface area (Å²) in [7, 11) is 2.16. The Labute approximate surface area is 245 Å². The van der Waals surface area contributed by atoms with Gasteiger partial charge in [0, 0.05) is 56.1 Å². The maximum Gasteiger partial charge on any atom is 0.274 e. The summed E-state index contributed by atoms with van der Waals surface area (Å²) in [6.07, 6.45) is 3.44. The summed E-state index contributed by atoms with van der Waals surface area (Å²) < 4.78 is 9.75. The van der Waals surface area contributed by atoms with Gasteiger partial charge in [-0.15, -0.1) is 0 Å². The number of hydrogen-bond donors (Lipinski definition) is 1. The minimum Gasteiger partial charge on any atom is -0.492 e. The molecule has 1 amide bonds. The van der Waals surface area contributed by atoms with E-state index in [2.05, 4.69) is 47.1 Å². The number of nitrogens with one attached hydrogen (secondary N) is 1. The van der Waals surface area contributed by atoms with Gasteiger partial charge in [-0.2, -0.15) is 5.10 Å². The molecular formula is C32H38N8O2. The zero-order chi connectivity index (χ0) is 29.2. The first-order valence-electron chi connectivity index (χ1n) is 14.6. The van der Waals surface area contributed by atoms with Crippen molar-refractivity contribution in [1.29, 1.82) is 0 Å². The number of carbonyl (C=O) groups excluding carboxylic acids is 1. The third-order valence-corrected chi connectivity index (χ3v) is 7.92. The molecule has 0 saturated carbocycles. The lowest BCUT2D eigenvalue weighted by Gasteiger charge is -2.32. The van der Waals surface area contributed by atoms with Crippen LogP contribution in [0.5, 0.6) is 5.75 Å². The summed E-state index contributed by atoms with van der Waals surface area (Å²) in [6.45, 7) is 12.6. The number of ether oxygens (including phenoxy) is 1. The topological polar surface area (TPSA) is 92.8 Å². The zero-order valence-electron chi connectivity index (χ0n) is 24.7. The van der Waals surface area contributed by atoms with Gasteiger partial charge < -0.3 is 15.0 Å². The molecule has 42 heavy (non-hydrogen) atoms. The molecule has 0 aliphatic carbocycles. The van der Waals surface area contributed by atoms with Crippen LogP contribution in [-0.2, 0) is 6.54 Å². The second-order valence-electron chi connectivity index (χ2n) is 11.3. The number of carbonyl (C=O) groups is 1. The van der Waals surface area contributed by atoms with E-state index >= 15 is 0 Å². The average Bonchev–Trinajstić information content (AvgIpc) is 3.55. The molecule has 1 aliphatic heterocycles. The predicted molar refractivity (Wildman–Crippen MR) is 164 cm³/mol. The fourth-order valence-corrected chi connectivity index (χ4v) is 5.48. The maximum atomic E-state index is 13.4. The monoisotopic (exact) mass is 566 g/mol. The van der Waals surface area contributed by atoms with Crippen LogP contribution in [0.3, 0.4) is 0 Å². The number of benzene rings is 1. The summed E-state index contributed by atoms with van der Waals surface area (Å²) in [5, 5.41) is 8.81. The Morgan fingerprint density at radius 3 is 2.69 bits per heavy atom. The van der Waals surface area contributed by atoms with Crippen LogP contribution in [0.1, 0.15) is 47.3 Å². The second kappa shape index (κ2) is 11.9. The highest BCUT2D eigenvalue weighted by molar-refractivity contribution is 6.08. The highest BCUT2D eigenvalue weighted by Gasteiger charge is 2.18. The van der Waals surface area contributed by atoms with E-state index < -0.39 is 0 Å². The third kappa shape index (κ3) is 5.86. The first-order chi connectivity index (χ1) is 20.4. The van der Waals surface area contributed by atoms with Crippen molar-refractivity contribution >= 4 is 28.1 Å². The second-order valence-corrected chi connectivity index (χ2v) is 11.3. The van der Waals surface area contributed by atoms with Crippen LogP contribution in [0.2, 0.25) is 0 Å². The summed E-state index contributed by atoms with van der Waals surface area (Å²) in [6, 6.07) is 15.7. The number of anilines is 1. The standard InChI is InChI=1S/C32H38N8O2/c1-22(2)26-8-5-7-24(34-26)21-40-28-10-6-9-27(31(28)23(3)36-40)35-32(41)29-20-33-30-19-25(11-12-39(29)30)42-18-17-38-15-13-37(4)14-16-38/h5-12,19-20,22H,13-18,21H2,1-4H3,(H,35,41). The molecule has 10 nitrogen and oxygen atoms in total. The lowest BCUT2D eigenvalue weighted by Crippen LogP contribution is -2.45. The third-order valence-electron chi connectivity index (χ3n) is 7.92. The summed E-state index contributed by atoms with van der Waals surface area (Å²) in [4.78, 5) is 27.5. The molecule has 1 fully saturated rings. The molecule has 1 N–H and O–H groups in total. The van der Waals surface area contributed by atoms with E-state index in [1.807, 2.05) is 60.3 Å². The van der Waals surface area contributed by atoms with Crippen molar-refractivity contribution in [2.24, 2.45) is 0 Å². The minimum absolute atomic E-state index is 0.239. The molecule has 10 heteroatoms. The van der Waals surface area contributed by atoms with Gasteiger partial charge in [0.15, 0.2) is 0 Å². The quantitative estimate of drug-likeness (QED) is 0.282. The van der Waals surface area contributed by atoms with Crippen molar-refractivity contribution in [2.45, 2.75) is 33.2 Å². The number of aromatic nitrogens is 5. The largest absolute Gasteiger partial charge is 0.492 e. The number of piperazine rings is 1.